The minimum Gasteiger partial charge on any atom is -0.744 e. The highest BCUT2D eigenvalue weighted by molar-refractivity contribution is 7.85. The van der Waals surface area contributed by atoms with Gasteiger partial charge < -0.3 is 4.55 Å². The van der Waals surface area contributed by atoms with Crippen molar-refractivity contribution in [3.8, 4) is 0 Å². The standard InChI is InChI=1S/C19H23NO3S/c1-18(2,3)17-19(4,5)16-14-9-8-13(24(21,22)23)11-12(14)7-10-15(16)20(17)6/h7-11H,1-6H3. The summed E-state index contributed by atoms with van der Waals surface area (Å²) in [6.07, 6.45) is 0. The van der Waals surface area contributed by atoms with Crippen LogP contribution in [0.2, 0.25) is 0 Å². The van der Waals surface area contributed by atoms with E-state index in [1.807, 2.05) is 12.1 Å². The van der Waals surface area contributed by atoms with E-state index in [4.69, 9.17) is 0 Å². The topological polar surface area (TPSA) is 60.2 Å². The summed E-state index contributed by atoms with van der Waals surface area (Å²) in [4.78, 5) is -0.181. The maximum absolute atomic E-state index is 11.3. The van der Waals surface area contributed by atoms with Crippen molar-refractivity contribution in [3.05, 3.63) is 35.9 Å². The van der Waals surface area contributed by atoms with Gasteiger partial charge in [0.25, 0.3) is 0 Å². The molecule has 1 aliphatic rings. The molecule has 0 saturated heterocycles. The minimum absolute atomic E-state index is 0.00188. The predicted octanol–water partition coefficient (Wildman–Crippen LogP) is 3.80. The monoisotopic (exact) mass is 345 g/mol. The van der Waals surface area contributed by atoms with E-state index in [0.717, 1.165) is 16.5 Å². The van der Waals surface area contributed by atoms with Gasteiger partial charge in [-0.15, -0.1) is 0 Å². The molecule has 0 fully saturated rings. The Morgan fingerprint density at radius 2 is 1.71 bits per heavy atom. The van der Waals surface area contributed by atoms with Crippen LogP contribution in [-0.4, -0.2) is 30.3 Å². The summed E-state index contributed by atoms with van der Waals surface area (Å²) in [5, 5.41) is 1.78. The Balaban J connectivity index is 2.35. The molecule has 0 atom stereocenters. The van der Waals surface area contributed by atoms with Crippen LogP contribution in [0.4, 0.5) is 5.69 Å². The molecule has 0 spiro atoms. The molecule has 2 aromatic rings. The van der Waals surface area contributed by atoms with E-state index >= 15 is 0 Å². The fraction of sp³-hybridized carbons (Fsp3) is 0.421. The summed E-state index contributed by atoms with van der Waals surface area (Å²) in [6.45, 7) is 11.0. The molecule has 0 N–H and O–H groups in total. The predicted molar refractivity (Wildman–Crippen MR) is 95.2 cm³/mol. The number of hydrogen-bond donors (Lipinski definition) is 0. The molecular weight excluding hydrogens is 322 g/mol. The average molecular weight is 345 g/mol. The van der Waals surface area contributed by atoms with E-state index in [1.54, 1.807) is 6.07 Å². The van der Waals surface area contributed by atoms with Crippen LogP contribution in [0, 0.1) is 5.41 Å². The first-order valence-electron chi connectivity index (χ1n) is 8.00. The molecule has 24 heavy (non-hydrogen) atoms. The molecule has 2 aromatic carbocycles. The lowest BCUT2D eigenvalue weighted by Gasteiger charge is -2.27. The van der Waals surface area contributed by atoms with Gasteiger partial charge in [0.2, 0.25) is 5.69 Å². The SMILES string of the molecule is C[N+]1=C(C(C)(C)C)C(C)(C)c2c1ccc1cc(S(=O)(=O)[O-])ccc21. The average Bonchev–Trinajstić information content (AvgIpc) is 2.63. The first kappa shape index (κ1) is 17.1. The van der Waals surface area contributed by atoms with E-state index in [2.05, 4.69) is 46.2 Å². The number of nitrogens with zero attached hydrogens (tertiary/aromatic N) is 1. The number of fused-ring (bicyclic) bond motifs is 3. The van der Waals surface area contributed by atoms with Crippen LogP contribution in [-0.2, 0) is 15.5 Å². The zero-order chi connectivity index (χ0) is 18.1. The smallest absolute Gasteiger partial charge is 0.209 e. The van der Waals surface area contributed by atoms with Gasteiger partial charge in [0, 0.05) is 17.0 Å². The Bertz CT molecular complexity index is 993. The van der Waals surface area contributed by atoms with Gasteiger partial charge in [0.05, 0.1) is 10.3 Å². The molecular formula is C19H23NO3S. The molecule has 0 radical (unpaired) electrons. The van der Waals surface area contributed by atoms with Crippen LogP contribution in [0.5, 0.6) is 0 Å². The van der Waals surface area contributed by atoms with E-state index < -0.39 is 10.1 Å². The maximum Gasteiger partial charge on any atom is 0.209 e. The van der Waals surface area contributed by atoms with Gasteiger partial charge in [-0.3, -0.25) is 0 Å². The Morgan fingerprint density at radius 3 is 2.25 bits per heavy atom. The lowest BCUT2D eigenvalue weighted by molar-refractivity contribution is -0.407. The lowest BCUT2D eigenvalue weighted by atomic mass is 9.70. The molecule has 0 aliphatic carbocycles. The van der Waals surface area contributed by atoms with Crippen molar-refractivity contribution in [2.75, 3.05) is 7.05 Å². The van der Waals surface area contributed by atoms with Gasteiger partial charge in [-0.1, -0.05) is 26.8 Å². The second-order valence-electron chi connectivity index (χ2n) is 8.08. The summed E-state index contributed by atoms with van der Waals surface area (Å²) >= 11 is 0. The third-order valence-corrected chi connectivity index (χ3v) is 5.71. The molecule has 0 aromatic heterocycles. The fourth-order valence-corrected chi connectivity index (χ4v) is 4.99. The van der Waals surface area contributed by atoms with Crippen molar-refractivity contribution >= 4 is 32.3 Å². The van der Waals surface area contributed by atoms with Crippen LogP contribution in [0.3, 0.4) is 0 Å². The molecule has 0 bridgehead atoms. The lowest BCUT2D eigenvalue weighted by Crippen LogP contribution is -2.39. The van der Waals surface area contributed by atoms with Gasteiger partial charge >= 0.3 is 0 Å². The van der Waals surface area contributed by atoms with Crippen molar-refractivity contribution < 1.29 is 17.5 Å². The summed E-state index contributed by atoms with van der Waals surface area (Å²) < 4.78 is 36.2. The minimum atomic E-state index is -4.45. The van der Waals surface area contributed by atoms with Crippen molar-refractivity contribution in [2.24, 2.45) is 5.41 Å². The normalized spacial score (nSPS) is 17.5. The van der Waals surface area contributed by atoms with Crippen LogP contribution in [0.1, 0.15) is 40.2 Å². The second kappa shape index (κ2) is 4.90. The van der Waals surface area contributed by atoms with Crippen molar-refractivity contribution in [3.63, 3.8) is 0 Å². The largest absolute Gasteiger partial charge is 0.744 e. The van der Waals surface area contributed by atoms with E-state index in [0.29, 0.717) is 0 Å². The highest BCUT2D eigenvalue weighted by Gasteiger charge is 2.50. The fourth-order valence-electron chi connectivity index (χ4n) is 4.49. The zero-order valence-electron chi connectivity index (χ0n) is 15.0. The highest BCUT2D eigenvalue weighted by atomic mass is 32.2. The second-order valence-corrected chi connectivity index (χ2v) is 9.46. The maximum atomic E-state index is 11.3. The van der Waals surface area contributed by atoms with Crippen LogP contribution >= 0.6 is 0 Å². The van der Waals surface area contributed by atoms with Gasteiger partial charge in [-0.25, -0.2) is 13.0 Å². The number of benzene rings is 2. The van der Waals surface area contributed by atoms with Gasteiger partial charge in [-0.2, -0.15) is 0 Å². The molecule has 0 saturated carbocycles. The molecule has 128 valence electrons. The third kappa shape index (κ3) is 2.38. The van der Waals surface area contributed by atoms with Crippen molar-refractivity contribution in [1.82, 2.24) is 0 Å². The van der Waals surface area contributed by atoms with Crippen LogP contribution in [0.25, 0.3) is 10.8 Å². The third-order valence-electron chi connectivity index (χ3n) is 4.88. The molecule has 1 aliphatic heterocycles. The van der Waals surface area contributed by atoms with Crippen molar-refractivity contribution in [1.29, 1.82) is 0 Å². The van der Waals surface area contributed by atoms with Crippen LogP contribution in [0.15, 0.2) is 35.2 Å². The zero-order valence-corrected chi connectivity index (χ0v) is 15.8. The Hall–Kier alpha value is -1.72. The van der Waals surface area contributed by atoms with Crippen LogP contribution < -0.4 is 0 Å². The van der Waals surface area contributed by atoms with Gasteiger partial charge in [0.15, 0.2) is 5.71 Å². The molecule has 5 heteroatoms. The number of hydrogen-bond acceptors (Lipinski definition) is 3. The Labute approximate surface area is 143 Å². The highest BCUT2D eigenvalue weighted by Crippen LogP contribution is 2.47. The molecule has 4 nitrogen and oxygen atoms in total. The Kier molecular flexibility index (Phi) is 3.49. The molecule has 0 unspecified atom stereocenters. The van der Waals surface area contributed by atoms with Gasteiger partial charge in [0.1, 0.15) is 17.2 Å². The molecule has 3 rings (SSSR count). The first-order valence-corrected chi connectivity index (χ1v) is 9.41. The first-order chi connectivity index (χ1) is 10.8. The van der Waals surface area contributed by atoms with Crippen molar-refractivity contribution in [2.45, 2.75) is 44.9 Å². The summed E-state index contributed by atoms with van der Waals surface area (Å²) in [5.74, 6) is 0. The number of rotatable bonds is 1. The van der Waals surface area contributed by atoms with E-state index in [1.165, 1.54) is 23.4 Å². The van der Waals surface area contributed by atoms with E-state index in [-0.39, 0.29) is 15.7 Å². The van der Waals surface area contributed by atoms with Gasteiger partial charge in [-0.05, 0) is 42.8 Å². The van der Waals surface area contributed by atoms with E-state index in [9.17, 15) is 13.0 Å². The summed E-state index contributed by atoms with van der Waals surface area (Å²) in [6, 6.07) is 8.56. The Morgan fingerprint density at radius 1 is 1.08 bits per heavy atom. The molecule has 1 heterocycles. The quantitative estimate of drug-likeness (QED) is 0.583. The molecule has 0 amide bonds. The summed E-state index contributed by atoms with van der Waals surface area (Å²) in [5.41, 5.74) is 3.46. The summed E-state index contributed by atoms with van der Waals surface area (Å²) in [7, 11) is -2.37.